The molecule has 0 N–H and O–H groups in total. The van der Waals surface area contributed by atoms with Crippen LogP contribution in [0.15, 0.2) is 22.7 Å². The monoisotopic (exact) mass is 261 g/mol. The van der Waals surface area contributed by atoms with Gasteiger partial charge in [0.2, 0.25) is 5.89 Å². The second-order valence-electron chi connectivity index (χ2n) is 4.12. The van der Waals surface area contributed by atoms with Gasteiger partial charge in [0.1, 0.15) is 12.4 Å². The fourth-order valence-corrected chi connectivity index (χ4v) is 1.97. The van der Waals surface area contributed by atoms with Crippen LogP contribution in [0.25, 0.3) is 0 Å². The second kappa shape index (κ2) is 3.98. The normalized spacial score (nSPS) is 14.1. The van der Waals surface area contributed by atoms with Gasteiger partial charge in [-0.2, -0.15) is 4.98 Å². The van der Waals surface area contributed by atoms with E-state index in [1.165, 1.54) is 17.0 Å². The van der Waals surface area contributed by atoms with Gasteiger partial charge in [0.15, 0.2) is 5.82 Å². The van der Waals surface area contributed by atoms with Crippen molar-refractivity contribution in [3.8, 4) is 0 Å². The summed E-state index contributed by atoms with van der Waals surface area (Å²) in [6.45, 7) is 1.64. The van der Waals surface area contributed by atoms with E-state index in [2.05, 4.69) is 10.1 Å². The number of rotatable bonds is 2. The summed E-state index contributed by atoms with van der Waals surface area (Å²) >= 11 is 0. The lowest BCUT2D eigenvalue weighted by Gasteiger charge is -2.13. The number of halogens is 1. The Hall–Kier alpha value is -2.57. The fraction of sp³-hybridized carbons (Fsp3) is 0.167. The molecule has 0 radical (unpaired) electrons. The number of ketones is 1. The fourth-order valence-electron chi connectivity index (χ4n) is 1.97. The highest BCUT2D eigenvalue weighted by atomic mass is 19.1. The number of benzene rings is 1. The first-order chi connectivity index (χ1) is 9.06. The quantitative estimate of drug-likeness (QED) is 0.760. The van der Waals surface area contributed by atoms with Crippen molar-refractivity contribution in [3.05, 3.63) is 41.3 Å². The van der Waals surface area contributed by atoms with Gasteiger partial charge in [0.25, 0.3) is 11.7 Å². The van der Waals surface area contributed by atoms with Crippen LogP contribution in [-0.4, -0.2) is 21.8 Å². The molecule has 1 amide bonds. The van der Waals surface area contributed by atoms with Gasteiger partial charge in [-0.3, -0.25) is 14.5 Å². The number of aromatic nitrogens is 2. The Kier molecular flexibility index (Phi) is 2.41. The molecule has 3 rings (SSSR count). The molecule has 2 aromatic rings. The van der Waals surface area contributed by atoms with Gasteiger partial charge in [0.05, 0.1) is 11.3 Å². The van der Waals surface area contributed by atoms with E-state index in [0.717, 1.165) is 6.07 Å². The molecule has 0 spiro atoms. The zero-order valence-electron chi connectivity index (χ0n) is 9.88. The van der Waals surface area contributed by atoms with Gasteiger partial charge in [-0.1, -0.05) is 5.16 Å². The predicted octanol–water partition coefficient (Wildman–Crippen LogP) is 1.25. The number of aryl methyl sites for hydroxylation is 1. The smallest absolute Gasteiger partial charge is 0.299 e. The molecule has 0 fully saturated rings. The van der Waals surface area contributed by atoms with E-state index >= 15 is 0 Å². The zero-order valence-corrected chi connectivity index (χ0v) is 9.88. The molecular formula is C12H8FN3O3. The highest BCUT2D eigenvalue weighted by molar-refractivity contribution is 6.52. The minimum absolute atomic E-state index is 0.00988. The number of anilines is 1. The van der Waals surface area contributed by atoms with E-state index in [9.17, 15) is 14.0 Å². The van der Waals surface area contributed by atoms with Crippen LogP contribution in [0.3, 0.4) is 0 Å². The van der Waals surface area contributed by atoms with Crippen LogP contribution in [0.5, 0.6) is 0 Å². The number of carbonyl (C=O) groups is 2. The molecule has 96 valence electrons. The van der Waals surface area contributed by atoms with Crippen LogP contribution in [0.2, 0.25) is 0 Å². The molecular weight excluding hydrogens is 253 g/mol. The van der Waals surface area contributed by atoms with Gasteiger partial charge < -0.3 is 4.52 Å². The SMILES string of the molecule is Cc1noc(CN2C(=O)C(=O)c3cc(F)ccc32)n1. The molecule has 6 nitrogen and oxygen atoms in total. The molecule has 1 aromatic carbocycles. The van der Waals surface area contributed by atoms with Crippen LogP contribution < -0.4 is 4.90 Å². The highest BCUT2D eigenvalue weighted by Gasteiger charge is 2.36. The van der Waals surface area contributed by atoms with Crippen LogP contribution in [-0.2, 0) is 11.3 Å². The molecule has 1 aliphatic rings. The Labute approximate surface area is 106 Å². The number of amides is 1. The summed E-state index contributed by atoms with van der Waals surface area (Å²) in [5, 5.41) is 3.60. The summed E-state index contributed by atoms with van der Waals surface area (Å²) in [6, 6.07) is 3.63. The van der Waals surface area contributed by atoms with Crippen molar-refractivity contribution in [1.82, 2.24) is 10.1 Å². The Morgan fingerprint density at radius 2 is 2.16 bits per heavy atom. The maximum absolute atomic E-state index is 13.1. The molecule has 19 heavy (non-hydrogen) atoms. The molecule has 0 saturated heterocycles. The largest absolute Gasteiger partial charge is 0.337 e. The third kappa shape index (κ3) is 1.79. The standard InChI is InChI=1S/C12H8FN3O3/c1-6-14-10(19-15-6)5-16-9-3-2-7(13)4-8(9)11(17)12(16)18/h2-4H,5H2,1H3. The molecule has 0 saturated carbocycles. The summed E-state index contributed by atoms with van der Waals surface area (Å²) < 4.78 is 18.0. The molecule has 1 aromatic heterocycles. The first-order valence-corrected chi connectivity index (χ1v) is 5.51. The highest BCUT2D eigenvalue weighted by Crippen LogP contribution is 2.30. The summed E-state index contributed by atoms with van der Waals surface area (Å²) in [6.07, 6.45) is 0. The summed E-state index contributed by atoms with van der Waals surface area (Å²) in [5.74, 6) is -1.36. The molecule has 0 aliphatic carbocycles. The minimum atomic E-state index is -0.731. The van der Waals surface area contributed by atoms with Crippen molar-refractivity contribution in [2.75, 3.05) is 4.90 Å². The van der Waals surface area contributed by atoms with E-state index in [0.29, 0.717) is 11.5 Å². The average Bonchev–Trinajstić information content (AvgIpc) is 2.88. The van der Waals surface area contributed by atoms with Crippen LogP contribution in [0.4, 0.5) is 10.1 Å². The summed E-state index contributed by atoms with van der Waals surface area (Å²) in [4.78, 5) is 28.7. The van der Waals surface area contributed by atoms with Gasteiger partial charge >= 0.3 is 0 Å². The maximum Gasteiger partial charge on any atom is 0.299 e. The van der Waals surface area contributed by atoms with Gasteiger partial charge in [0, 0.05) is 0 Å². The number of carbonyl (C=O) groups excluding carboxylic acids is 2. The number of fused-ring (bicyclic) bond motifs is 1. The number of hydrogen-bond acceptors (Lipinski definition) is 5. The van der Waals surface area contributed by atoms with Crippen molar-refractivity contribution in [3.63, 3.8) is 0 Å². The molecule has 0 unspecified atom stereocenters. The average molecular weight is 261 g/mol. The van der Waals surface area contributed by atoms with Crippen molar-refractivity contribution < 1.29 is 18.5 Å². The van der Waals surface area contributed by atoms with E-state index in [1.54, 1.807) is 6.92 Å². The number of Topliss-reactive ketones (excluding diaryl/α,β-unsaturated/α-hetero) is 1. The lowest BCUT2D eigenvalue weighted by molar-refractivity contribution is -0.114. The molecule has 7 heteroatoms. The lowest BCUT2D eigenvalue weighted by atomic mass is 10.1. The van der Waals surface area contributed by atoms with Crippen LogP contribution >= 0.6 is 0 Å². The lowest BCUT2D eigenvalue weighted by Crippen LogP contribution is -2.29. The van der Waals surface area contributed by atoms with E-state index < -0.39 is 17.5 Å². The molecule has 0 atom stereocenters. The second-order valence-corrected chi connectivity index (χ2v) is 4.12. The molecule has 0 bridgehead atoms. The maximum atomic E-state index is 13.1. The zero-order chi connectivity index (χ0) is 13.6. The Morgan fingerprint density at radius 1 is 1.37 bits per heavy atom. The third-order valence-corrected chi connectivity index (χ3v) is 2.80. The summed E-state index contributed by atoms with van der Waals surface area (Å²) in [7, 11) is 0. The van der Waals surface area contributed by atoms with E-state index in [-0.39, 0.29) is 18.0 Å². The summed E-state index contributed by atoms with van der Waals surface area (Å²) in [5.41, 5.74) is 0.411. The first-order valence-electron chi connectivity index (χ1n) is 5.51. The van der Waals surface area contributed by atoms with Crippen molar-refractivity contribution in [2.24, 2.45) is 0 Å². The van der Waals surface area contributed by atoms with Crippen LogP contribution in [0, 0.1) is 12.7 Å². The van der Waals surface area contributed by atoms with Crippen molar-refractivity contribution in [2.45, 2.75) is 13.5 Å². The third-order valence-electron chi connectivity index (χ3n) is 2.80. The van der Waals surface area contributed by atoms with Crippen molar-refractivity contribution >= 4 is 17.4 Å². The Morgan fingerprint density at radius 3 is 2.84 bits per heavy atom. The number of hydrogen-bond donors (Lipinski definition) is 0. The Balaban J connectivity index is 1.99. The minimum Gasteiger partial charge on any atom is -0.337 e. The van der Waals surface area contributed by atoms with Gasteiger partial charge in [-0.25, -0.2) is 4.39 Å². The molecule has 2 heterocycles. The predicted molar refractivity (Wildman–Crippen MR) is 61.0 cm³/mol. The van der Waals surface area contributed by atoms with Crippen LogP contribution in [0.1, 0.15) is 22.1 Å². The van der Waals surface area contributed by atoms with Gasteiger partial charge in [-0.15, -0.1) is 0 Å². The van der Waals surface area contributed by atoms with Crippen molar-refractivity contribution in [1.29, 1.82) is 0 Å². The first kappa shape index (κ1) is 11.5. The topological polar surface area (TPSA) is 76.3 Å². The number of nitrogens with zero attached hydrogens (tertiary/aromatic N) is 3. The Bertz CT molecular complexity index is 695. The van der Waals surface area contributed by atoms with Gasteiger partial charge in [-0.05, 0) is 25.1 Å². The van der Waals surface area contributed by atoms with E-state index in [1.807, 2.05) is 0 Å². The molecule has 1 aliphatic heterocycles. The van der Waals surface area contributed by atoms with E-state index in [4.69, 9.17) is 4.52 Å².